The number of hydrogen-bond donors (Lipinski definition) is 2. The van der Waals surface area contributed by atoms with Gasteiger partial charge in [-0.3, -0.25) is 4.79 Å². The lowest BCUT2D eigenvalue weighted by atomic mass is 10.2. The van der Waals surface area contributed by atoms with Gasteiger partial charge in [0.05, 0.1) is 4.88 Å². The van der Waals surface area contributed by atoms with Crippen LogP contribution in [0.25, 0.3) is 0 Å². The van der Waals surface area contributed by atoms with Crippen LogP contribution < -0.4 is 11.1 Å². The third-order valence-corrected chi connectivity index (χ3v) is 2.97. The zero-order chi connectivity index (χ0) is 10.6. The SMILES string of the molecule is Cc1ccsc1C(=O)NCCC(C)N.Cl. The monoisotopic (exact) mass is 248 g/mol. The highest BCUT2D eigenvalue weighted by Crippen LogP contribution is 2.14. The van der Waals surface area contributed by atoms with Crippen LogP contribution >= 0.6 is 23.7 Å². The summed E-state index contributed by atoms with van der Waals surface area (Å²) in [5.41, 5.74) is 6.61. The van der Waals surface area contributed by atoms with Crippen LogP contribution in [0.1, 0.15) is 28.6 Å². The van der Waals surface area contributed by atoms with Crippen LogP contribution in [0.15, 0.2) is 11.4 Å². The van der Waals surface area contributed by atoms with E-state index >= 15 is 0 Å². The van der Waals surface area contributed by atoms with E-state index in [9.17, 15) is 4.79 Å². The average molecular weight is 249 g/mol. The highest BCUT2D eigenvalue weighted by Gasteiger charge is 2.09. The van der Waals surface area contributed by atoms with Gasteiger partial charge in [-0.25, -0.2) is 0 Å². The minimum absolute atomic E-state index is 0. The molecule has 1 heterocycles. The van der Waals surface area contributed by atoms with E-state index in [4.69, 9.17) is 5.73 Å². The Kier molecular flexibility index (Phi) is 6.56. The first-order valence-corrected chi connectivity index (χ1v) is 5.57. The average Bonchev–Trinajstić information content (AvgIpc) is 2.50. The molecular formula is C10H17ClN2OS. The van der Waals surface area contributed by atoms with Crippen molar-refractivity contribution in [2.45, 2.75) is 26.3 Å². The Labute approximate surface area is 100 Å². The van der Waals surface area contributed by atoms with Crippen molar-refractivity contribution in [3.05, 3.63) is 21.9 Å². The van der Waals surface area contributed by atoms with Crippen molar-refractivity contribution in [1.29, 1.82) is 0 Å². The summed E-state index contributed by atoms with van der Waals surface area (Å²) in [6.45, 7) is 4.52. The molecule has 0 aliphatic rings. The minimum Gasteiger partial charge on any atom is -0.351 e. The second kappa shape index (κ2) is 6.82. The van der Waals surface area contributed by atoms with Crippen LogP contribution in [0, 0.1) is 6.92 Å². The fraction of sp³-hybridized carbons (Fsp3) is 0.500. The van der Waals surface area contributed by atoms with Gasteiger partial charge in [0.1, 0.15) is 0 Å². The van der Waals surface area contributed by atoms with E-state index in [1.807, 2.05) is 25.3 Å². The van der Waals surface area contributed by atoms with E-state index in [1.165, 1.54) is 11.3 Å². The second-order valence-electron chi connectivity index (χ2n) is 3.45. The van der Waals surface area contributed by atoms with Gasteiger partial charge in [-0.15, -0.1) is 23.7 Å². The summed E-state index contributed by atoms with van der Waals surface area (Å²) < 4.78 is 0. The number of hydrogen-bond acceptors (Lipinski definition) is 3. The molecule has 86 valence electrons. The number of rotatable bonds is 4. The highest BCUT2D eigenvalue weighted by molar-refractivity contribution is 7.12. The first-order valence-electron chi connectivity index (χ1n) is 4.69. The van der Waals surface area contributed by atoms with E-state index in [-0.39, 0.29) is 24.4 Å². The zero-order valence-electron chi connectivity index (χ0n) is 8.95. The van der Waals surface area contributed by atoms with E-state index < -0.39 is 0 Å². The van der Waals surface area contributed by atoms with Crippen molar-refractivity contribution in [2.24, 2.45) is 5.73 Å². The number of aryl methyl sites for hydroxylation is 1. The van der Waals surface area contributed by atoms with Gasteiger partial charge in [0.25, 0.3) is 5.91 Å². The van der Waals surface area contributed by atoms with Gasteiger partial charge in [0, 0.05) is 12.6 Å². The number of carbonyl (C=O) groups excluding carboxylic acids is 1. The largest absolute Gasteiger partial charge is 0.351 e. The molecular weight excluding hydrogens is 232 g/mol. The van der Waals surface area contributed by atoms with Crippen molar-refractivity contribution in [2.75, 3.05) is 6.54 Å². The molecule has 0 fully saturated rings. The third kappa shape index (κ3) is 4.64. The van der Waals surface area contributed by atoms with Crippen molar-refractivity contribution in [1.82, 2.24) is 5.32 Å². The lowest BCUT2D eigenvalue weighted by molar-refractivity contribution is 0.0956. The van der Waals surface area contributed by atoms with Gasteiger partial charge in [0.15, 0.2) is 0 Å². The molecule has 0 aromatic carbocycles. The maximum absolute atomic E-state index is 11.6. The number of carbonyl (C=O) groups is 1. The number of thiophene rings is 1. The minimum atomic E-state index is 0. The summed E-state index contributed by atoms with van der Waals surface area (Å²) in [5, 5.41) is 4.78. The fourth-order valence-corrected chi connectivity index (χ4v) is 1.94. The van der Waals surface area contributed by atoms with Crippen LogP contribution in [0.2, 0.25) is 0 Å². The Bertz CT molecular complexity index is 312. The molecule has 0 spiro atoms. The predicted octanol–water partition coefficient (Wildman–Crippen LogP) is 1.95. The number of nitrogens with one attached hydrogen (secondary N) is 1. The molecule has 5 heteroatoms. The quantitative estimate of drug-likeness (QED) is 0.856. The van der Waals surface area contributed by atoms with Crippen molar-refractivity contribution in [3.8, 4) is 0 Å². The Balaban J connectivity index is 0.00000196. The summed E-state index contributed by atoms with van der Waals surface area (Å²) in [5.74, 6) is 0.0122. The highest BCUT2D eigenvalue weighted by atomic mass is 35.5. The molecule has 0 saturated carbocycles. The molecule has 1 unspecified atom stereocenters. The van der Waals surface area contributed by atoms with Gasteiger partial charge in [-0.2, -0.15) is 0 Å². The van der Waals surface area contributed by atoms with E-state index in [1.54, 1.807) is 0 Å². The van der Waals surface area contributed by atoms with Crippen molar-refractivity contribution >= 4 is 29.7 Å². The molecule has 3 N–H and O–H groups in total. The molecule has 3 nitrogen and oxygen atoms in total. The normalized spacial score (nSPS) is 11.7. The van der Waals surface area contributed by atoms with Crippen LogP contribution in [-0.4, -0.2) is 18.5 Å². The Morgan fingerprint density at radius 1 is 1.67 bits per heavy atom. The number of nitrogens with two attached hydrogens (primary N) is 1. The first-order chi connectivity index (χ1) is 6.61. The molecule has 0 aliphatic carbocycles. The molecule has 1 atom stereocenters. The van der Waals surface area contributed by atoms with Gasteiger partial charge in [0.2, 0.25) is 0 Å². The number of amides is 1. The molecule has 1 aromatic heterocycles. The maximum Gasteiger partial charge on any atom is 0.261 e. The summed E-state index contributed by atoms with van der Waals surface area (Å²) in [6, 6.07) is 2.09. The van der Waals surface area contributed by atoms with Crippen LogP contribution in [-0.2, 0) is 0 Å². The van der Waals surface area contributed by atoms with E-state index in [2.05, 4.69) is 5.32 Å². The first kappa shape index (κ1) is 14.4. The number of halogens is 1. The lowest BCUT2D eigenvalue weighted by Crippen LogP contribution is -2.28. The van der Waals surface area contributed by atoms with Gasteiger partial charge >= 0.3 is 0 Å². The zero-order valence-corrected chi connectivity index (χ0v) is 10.6. The molecule has 0 saturated heterocycles. The second-order valence-corrected chi connectivity index (χ2v) is 4.37. The third-order valence-electron chi connectivity index (χ3n) is 1.95. The summed E-state index contributed by atoms with van der Waals surface area (Å²) in [6.07, 6.45) is 0.816. The molecule has 1 amide bonds. The predicted molar refractivity (Wildman–Crippen MR) is 66.9 cm³/mol. The molecule has 15 heavy (non-hydrogen) atoms. The van der Waals surface area contributed by atoms with Crippen molar-refractivity contribution in [3.63, 3.8) is 0 Å². The fourth-order valence-electron chi connectivity index (χ4n) is 1.10. The molecule has 0 bridgehead atoms. The van der Waals surface area contributed by atoms with Gasteiger partial charge < -0.3 is 11.1 Å². The molecule has 1 aromatic rings. The Morgan fingerprint density at radius 2 is 2.33 bits per heavy atom. The van der Waals surface area contributed by atoms with Crippen LogP contribution in [0.4, 0.5) is 0 Å². The maximum atomic E-state index is 11.6. The standard InChI is InChI=1S/C10H16N2OS.ClH/c1-7-4-6-14-9(7)10(13)12-5-3-8(2)11;/h4,6,8H,3,5,11H2,1-2H3,(H,12,13);1H. The summed E-state index contributed by atoms with van der Waals surface area (Å²) in [7, 11) is 0. The lowest BCUT2D eigenvalue weighted by Gasteiger charge is -2.06. The van der Waals surface area contributed by atoms with E-state index in [0.717, 1.165) is 16.9 Å². The van der Waals surface area contributed by atoms with Crippen LogP contribution in [0.5, 0.6) is 0 Å². The smallest absolute Gasteiger partial charge is 0.261 e. The van der Waals surface area contributed by atoms with E-state index in [0.29, 0.717) is 6.54 Å². The van der Waals surface area contributed by atoms with Crippen molar-refractivity contribution < 1.29 is 4.79 Å². The summed E-state index contributed by atoms with van der Waals surface area (Å²) in [4.78, 5) is 12.4. The van der Waals surface area contributed by atoms with Gasteiger partial charge in [-0.1, -0.05) is 0 Å². The molecule has 0 radical (unpaired) electrons. The van der Waals surface area contributed by atoms with Crippen LogP contribution in [0.3, 0.4) is 0 Å². The Morgan fingerprint density at radius 3 is 2.80 bits per heavy atom. The molecule has 1 rings (SSSR count). The molecule has 0 aliphatic heterocycles. The Hall–Kier alpha value is -0.580. The topological polar surface area (TPSA) is 55.1 Å². The van der Waals surface area contributed by atoms with Gasteiger partial charge in [-0.05, 0) is 37.3 Å². The summed E-state index contributed by atoms with van der Waals surface area (Å²) >= 11 is 1.47.